The molecule has 0 spiro atoms. The number of nitrogens with zero attached hydrogens (tertiary/aromatic N) is 1. The monoisotopic (exact) mass is 402 g/mol. The topological polar surface area (TPSA) is 103 Å². The van der Waals surface area contributed by atoms with Crippen molar-refractivity contribution >= 4 is 5.69 Å². The summed E-state index contributed by atoms with van der Waals surface area (Å²) in [4.78, 5) is 11.0. The first kappa shape index (κ1) is 21.0. The lowest BCUT2D eigenvalue weighted by atomic mass is 9.86. The standard InChI is InChI=1S/C21H26N2O6/c1-21(2)20(24)19(22-10-9-14-7-5-4-6-8-14)15-11-16(23(25)26)18(28-13-27-3)12-17(15)29-21/h4-8,11-12,19-20,22,24H,9-10,13H2,1-3H3/t19-,20+/m1/s1. The van der Waals surface area contributed by atoms with Crippen molar-refractivity contribution in [2.45, 2.75) is 38.0 Å². The number of nitro groups is 1. The Labute approximate surface area is 169 Å². The fraction of sp³-hybridized carbons (Fsp3) is 0.429. The van der Waals surface area contributed by atoms with E-state index in [1.807, 2.05) is 30.3 Å². The van der Waals surface area contributed by atoms with Gasteiger partial charge in [0.15, 0.2) is 6.79 Å². The molecule has 2 aromatic carbocycles. The molecule has 0 aromatic heterocycles. The van der Waals surface area contributed by atoms with Gasteiger partial charge in [0.25, 0.3) is 0 Å². The largest absolute Gasteiger partial charge is 0.485 e. The van der Waals surface area contributed by atoms with E-state index in [0.29, 0.717) is 17.9 Å². The minimum absolute atomic E-state index is 0.0609. The Morgan fingerprint density at radius 1 is 1.28 bits per heavy atom. The number of hydrogen-bond acceptors (Lipinski definition) is 7. The molecule has 29 heavy (non-hydrogen) atoms. The van der Waals surface area contributed by atoms with E-state index in [4.69, 9.17) is 14.2 Å². The molecule has 0 bridgehead atoms. The molecule has 2 atom stereocenters. The Bertz CT molecular complexity index is 856. The second kappa shape index (κ2) is 8.77. The van der Waals surface area contributed by atoms with Crippen LogP contribution in [0.4, 0.5) is 5.69 Å². The summed E-state index contributed by atoms with van der Waals surface area (Å²) in [7, 11) is 1.44. The molecule has 3 rings (SSSR count). The van der Waals surface area contributed by atoms with Gasteiger partial charge in [-0.05, 0) is 32.4 Å². The van der Waals surface area contributed by atoms with Crippen LogP contribution in [0.1, 0.15) is 31.0 Å². The van der Waals surface area contributed by atoms with Gasteiger partial charge in [-0.25, -0.2) is 0 Å². The predicted molar refractivity (Wildman–Crippen MR) is 107 cm³/mol. The number of nitrogens with one attached hydrogen (secondary N) is 1. The van der Waals surface area contributed by atoms with Crippen molar-refractivity contribution in [2.24, 2.45) is 0 Å². The summed E-state index contributed by atoms with van der Waals surface area (Å²) in [6, 6.07) is 12.3. The third-order valence-corrected chi connectivity index (χ3v) is 4.98. The summed E-state index contributed by atoms with van der Waals surface area (Å²) >= 11 is 0. The molecule has 0 radical (unpaired) electrons. The second-order valence-corrected chi connectivity index (χ2v) is 7.48. The van der Waals surface area contributed by atoms with Crippen LogP contribution in [0.5, 0.6) is 11.5 Å². The molecule has 2 N–H and O–H groups in total. The average molecular weight is 402 g/mol. The number of benzene rings is 2. The van der Waals surface area contributed by atoms with Crippen LogP contribution < -0.4 is 14.8 Å². The van der Waals surface area contributed by atoms with Crippen molar-refractivity contribution in [3.63, 3.8) is 0 Å². The molecule has 1 aliphatic heterocycles. The number of fused-ring (bicyclic) bond motifs is 1. The van der Waals surface area contributed by atoms with Gasteiger partial charge in [0.2, 0.25) is 5.75 Å². The number of rotatable bonds is 8. The van der Waals surface area contributed by atoms with Crippen molar-refractivity contribution in [3.05, 3.63) is 63.7 Å². The van der Waals surface area contributed by atoms with Gasteiger partial charge in [-0.1, -0.05) is 30.3 Å². The van der Waals surface area contributed by atoms with E-state index >= 15 is 0 Å². The van der Waals surface area contributed by atoms with Crippen LogP contribution in [0.3, 0.4) is 0 Å². The van der Waals surface area contributed by atoms with E-state index in [9.17, 15) is 15.2 Å². The van der Waals surface area contributed by atoms with Crippen molar-refractivity contribution in [3.8, 4) is 11.5 Å². The Morgan fingerprint density at radius 3 is 2.66 bits per heavy atom. The van der Waals surface area contributed by atoms with E-state index in [-0.39, 0.29) is 18.2 Å². The summed E-state index contributed by atoms with van der Waals surface area (Å²) in [5.74, 6) is 0.500. The summed E-state index contributed by atoms with van der Waals surface area (Å²) in [6.07, 6.45) is -0.131. The molecule has 0 aliphatic carbocycles. The highest BCUT2D eigenvalue weighted by Crippen LogP contribution is 2.45. The van der Waals surface area contributed by atoms with Crippen LogP contribution in [-0.4, -0.2) is 42.2 Å². The molecular weight excluding hydrogens is 376 g/mol. The molecule has 1 heterocycles. The van der Waals surface area contributed by atoms with Gasteiger partial charge in [0, 0.05) is 24.8 Å². The first-order chi connectivity index (χ1) is 13.8. The molecule has 8 nitrogen and oxygen atoms in total. The first-order valence-corrected chi connectivity index (χ1v) is 9.42. The minimum Gasteiger partial charge on any atom is -0.485 e. The Balaban J connectivity index is 1.90. The van der Waals surface area contributed by atoms with Gasteiger partial charge in [0.1, 0.15) is 17.5 Å². The van der Waals surface area contributed by atoms with E-state index in [0.717, 1.165) is 12.0 Å². The summed E-state index contributed by atoms with van der Waals surface area (Å²) < 4.78 is 16.2. The SMILES string of the molecule is COCOc1cc2c(cc1[N+](=O)[O-])[C@@H](NCCc1ccccc1)[C@H](O)C(C)(C)O2. The molecule has 0 saturated heterocycles. The minimum atomic E-state index is -0.892. The highest BCUT2D eigenvalue weighted by Gasteiger charge is 2.44. The van der Waals surface area contributed by atoms with E-state index < -0.39 is 22.7 Å². The Kier molecular flexibility index (Phi) is 6.36. The molecule has 0 saturated carbocycles. The van der Waals surface area contributed by atoms with Crippen LogP contribution in [0.2, 0.25) is 0 Å². The quantitative estimate of drug-likeness (QED) is 0.397. The number of aliphatic hydroxyl groups excluding tert-OH is 1. The van der Waals surface area contributed by atoms with E-state index in [2.05, 4.69) is 5.32 Å². The molecule has 156 valence electrons. The van der Waals surface area contributed by atoms with Gasteiger partial charge in [-0.2, -0.15) is 0 Å². The number of ether oxygens (including phenoxy) is 3. The van der Waals surface area contributed by atoms with Crippen LogP contribution in [0.15, 0.2) is 42.5 Å². The summed E-state index contributed by atoms with van der Waals surface area (Å²) in [5, 5.41) is 25.8. The first-order valence-electron chi connectivity index (χ1n) is 9.42. The highest BCUT2D eigenvalue weighted by molar-refractivity contribution is 5.57. The smallest absolute Gasteiger partial charge is 0.311 e. The van der Waals surface area contributed by atoms with Crippen LogP contribution in [0.25, 0.3) is 0 Å². The fourth-order valence-electron chi connectivity index (χ4n) is 3.43. The highest BCUT2D eigenvalue weighted by atomic mass is 16.7. The molecule has 1 aliphatic rings. The molecule has 2 aromatic rings. The van der Waals surface area contributed by atoms with Gasteiger partial charge in [-0.15, -0.1) is 0 Å². The summed E-state index contributed by atoms with van der Waals surface area (Å²) in [5.41, 5.74) is 0.606. The third-order valence-electron chi connectivity index (χ3n) is 4.98. The number of methoxy groups -OCH3 is 1. The maximum Gasteiger partial charge on any atom is 0.311 e. The zero-order valence-corrected chi connectivity index (χ0v) is 16.8. The maximum absolute atomic E-state index is 11.5. The zero-order valence-electron chi connectivity index (χ0n) is 16.8. The normalized spacial score (nSPS) is 19.9. The van der Waals surface area contributed by atoms with Crippen molar-refractivity contribution in [1.82, 2.24) is 5.32 Å². The Morgan fingerprint density at radius 2 is 2.00 bits per heavy atom. The maximum atomic E-state index is 11.5. The van der Waals surface area contributed by atoms with Gasteiger partial charge < -0.3 is 24.6 Å². The lowest BCUT2D eigenvalue weighted by molar-refractivity contribution is -0.386. The zero-order chi connectivity index (χ0) is 21.0. The van der Waals surface area contributed by atoms with E-state index in [1.54, 1.807) is 13.8 Å². The molecule has 0 fully saturated rings. The van der Waals surface area contributed by atoms with Gasteiger partial charge >= 0.3 is 5.69 Å². The molecular formula is C21H26N2O6. The lowest BCUT2D eigenvalue weighted by Crippen LogP contribution is -2.52. The predicted octanol–water partition coefficient (Wildman–Crippen LogP) is 2.98. The average Bonchev–Trinajstić information content (AvgIpc) is 2.69. The fourth-order valence-corrected chi connectivity index (χ4v) is 3.43. The van der Waals surface area contributed by atoms with Gasteiger partial charge in [-0.3, -0.25) is 10.1 Å². The molecule has 0 amide bonds. The Hall–Kier alpha value is -2.68. The second-order valence-electron chi connectivity index (χ2n) is 7.48. The molecule has 8 heteroatoms. The molecule has 0 unspecified atom stereocenters. The summed E-state index contributed by atoms with van der Waals surface area (Å²) in [6.45, 7) is 4.04. The van der Waals surface area contributed by atoms with Crippen LogP contribution in [0, 0.1) is 10.1 Å². The van der Waals surface area contributed by atoms with E-state index in [1.165, 1.54) is 19.2 Å². The van der Waals surface area contributed by atoms with Crippen molar-refractivity contribution in [1.29, 1.82) is 0 Å². The number of aliphatic hydroxyl groups is 1. The van der Waals surface area contributed by atoms with Crippen molar-refractivity contribution in [2.75, 3.05) is 20.4 Å². The lowest BCUT2D eigenvalue weighted by Gasteiger charge is -2.42. The third kappa shape index (κ3) is 4.67. The van der Waals surface area contributed by atoms with Crippen molar-refractivity contribution < 1.29 is 24.2 Å². The van der Waals surface area contributed by atoms with Crippen LogP contribution >= 0.6 is 0 Å². The number of nitro benzene ring substituents is 1. The number of hydrogen-bond donors (Lipinski definition) is 2. The van der Waals surface area contributed by atoms with Gasteiger partial charge in [0.05, 0.1) is 11.0 Å². The van der Waals surface area contributed by atoms with Crippen LogP contribution in [-0.2, 0) is 11.2 Å².